The molecule has 0 bridgehead atoms. The van der Waals surface area contributed by atoms with E-state index in [1.165, 1.54) is 4.57 Å². The molecular weight excluding hydrogens is 489 g/mol. The predicted molar refractivity (Wildman–Crippen MR) is 145 cm³/mol. The number of likely N-dealkylation sites (tertiary alicyclic amines) is 1. The highest BCUT2D eigenvalue weighted by molar-refractivity contribution is 5.94. The molecule has 2 aromatic heterocycles. The number of alkyl halides is 3. The van der Waals surface area contributed by atoms with Gasteiger partial charge in [0.1, 0.15) is 6.54 Å². The van der Waals surface area contributed by atoms with Crippen molar-refractivity contribution in [2.24, 2.45) is 0 Å². The summed E-state index contributed by atoms with van der Waals surface area (Å²) in [5.41, 5.74) is 2.35. The predicted octanol–water partition coefficient (Wildman–Crippen LogP) is 5.76. The second-order valence-electron chi connectivity index (χ2n) is 10.1. The minimum atomic E-state index is -4.37. The van der Waals surface area contributed by atoms with E-state index in [-0.39, 0.29) is 12.6 Å². The molecule has 6 nitrogen and oxygen atoms in total. The van der Waals surface area contributed by atoms with Crippen LogP contribution in [0.5, 0.6) is 0 Å². The number of nitrogens with zero attached hydrogens (tertiary/aromatic N) is 4. The van der Waals surface area contributed by atoms with Crippen LogP contribution in [0.15, 0.2) is 42.6 Å². The molecule has 9 heteroatoms. The van der Waals surface area contributed by atoms with Crippen LogP contribution < -0.4 is 10.6 Å². The van der Waals surface area contributed by atoms with Crippen molar-refractivity contribution in [1.29, 1.82) is 5.26 Å². The van der Waals surface area contributed by atoms with Crippen LogP contribution in [0.4, 0.5) is 24.5 Å². The van der Waals surface area contributed by atoms with Gasteiger partial charge in [-0.1, -0.05) is 18.9 Å². The number of nitriles is 1. The summed E-state index contributed by atoms with van der Waals surface area (Å²) >= 11 is 0. The minimum Gasteiger partial charge on any atom is -0.382 e. The smallest absolute Gasteiger partial charge is 0.382 e. The molecule has 0 unspecified atom stereocenters. The van der Waals surface area contributed by atoms with Gasteiger partial charge in [0.2, 0.25) is 0 Å². The van der Waals surface area contributed by atoms with Gasteiger partial charge in [0.05, 0.1) is 46.8 Å². The van der Waals surface area contributed by atoms with Crippen LogP contribution in [0, 0.1) is 23.2 Å². The van der Waals surface area contributed by atoms with Crippen LogP contribution in [-0.2, 0) is 12.0 Å². The fraction of sp³-hybridized carbons (Fsp3) is 0.448. The lowest BCUT2D eigenvalue weighted by atomic mass is 9.91. The molecule has 1 saturated heterocycles. The average molecular weight is 523 g/mol. The molecular formula is C29H33F3N6. The van der Waals surface area contributed by atoms with Gasteiger partial charge in [-0.15, -0.1) is 0 Å². The summed E-state index contributed by atoms with van der Waals surface area (Å²) < 4.78 is 41.7. The number of benzene rings is 1. The Hall–Kier alpha value is -3.69. The number of pyridine rings is 1. The summed E-state index contributed by atoms with van der Waals surface area (Å²) in [6.45, 7) is 7.92. The molecule has 200 valence electrons. The molecule has 0 amide bonds. The summed E-state index contributed by atoms with van der Waals surface area (Å²) in [6, 6.07) is 13.3. The monoisotopic (exact) mass is 522 g/mol. The molecule has 4 rings (SSSR count). The van der Waals surface area contributed by atoms with E-state index in [1.54, 1.807) is 44.3 Å². The van der Waals surface area contributed by atoms with E-state index < -0.39 is 18.1 Å². The van der Waals surface area contributed by atoms with Crippen molar-refractivity contribution in [3.8, 4) is 17.9 Å². The zero-order chi connectivity index (χ0) is 27.3. The molecule has 1 aliphatic heterocycles. The van der Waals surface area contributed by atoms with E-state index in [2.05, 4.69) is 45.4 Å². The van der Waals surface area contributed by atoms with Crippen LogP contribution in [0.1, 0.15) is 45.0 Å². The van der Waals surface area contributed by atoms with E-state index in [1.807, 2.05) is 12.1 Å². The fourth-order valence-corrected chi connectivity index (χ4v) is 4.68. The summed E-state index contributed by atoms with van der Waals surface area (Å²) in [7, 11) is 0. The number of halogens is 3. The highest BCUT2D eigenvalue weighted by Gasteiger charge is 2.30. The molecule has 38 heavy (non-hydrogen) atoms. The Bertz CT molecular complexity index is 1350. The van der Waals surface area contributed by atoms with Crippen molar-refractivity contribution in [2.45, 2.75) is 57.8 Å². The summed E-state index contributed by atoms with van der Waals surface area (Å²) in [6.07, 6.45) is -0.757. The molecule has 0 saturated carbocycles. The van der Waals surface area contributed by atoms with Gasteiger partial charge in [-0.2, -0.15) is 18.4 Å². The zero-order valence-corrected chi connectivity index (χ0v) is 22.0. The number of fused-ring (bicyclic) bond motifs is 1. The topological polar surface area (TPSA) is 68.9 Å². The molecule has 2 N–H and O–H groups in total. The average Bonchev–Trinajstić information content (AvgIpc) is 3.24. The van der Waals surface area contributed by atoms with Crippen molar-refractivity contribution < 1.29 is 13.2 Å². The van der Waals surface area contributed by atoms with Crippen LogP contribution in [0.3, 0.4) is 0 Å². The van der Waals surface area contributed by atoms with Gasteiger partial charge in [0.25, 0.3) is 0 Å². The van der Waals surface area contributed by atoms with Crippen molar-refractivity contribution in [3.63, 3.8) is 0 Å². The van der Waals surface area contributed by atoms with Crippen molar-refractivity contribution in [1.82, 2.24) is 14.5 Å². The number of nitrogens with one attached hydrogen (secondary N) is 2. The highest BCUT2D eigenvalue weighted by atomic mass is 19.4. The zero-order valence-electron chi connectivity index (χ0n) is 22.0. The maximum atomic E-state index is 13.5. The summed E-state index contributed by atoms with van der Waals surface area (Å²) in [5, 5.41) is 16.7. The number of anilines is 2. The number of hydrogen-bond donors (Lipinski definition) is 2. The molecule has 0 radical (unpaired) electrons. The van der Waals surface area contributed by atoms with Gasteiger partial charge >= 0.3 is 6.18 Å². The number of aromatic nitrogens is 2. The second kappa shape index (κ2) is 11.4. The molecule has 0 aliphatic carbocycles. The first kappa shape index (κ1) is 27.3. The van der Waals surface area contributed by atoms with E-state index in [4.69, 9.17) is 0 Å². The first-order chi connectivity index (χ1) is 18.1. The van der Waals surface area contributed by atoms with Gasteiger partial charge < -0.3 is 20.1 Å². The van der Waals surface area contributed by atoms with Crippen molar-refractivity contribution >= 4 is 22.3 Å². The third-order valence-electron chi connectivity index (χ3n) is 6.96. The molecule has 0 atom stereocenters. The van der Waals surface area contributed by atoms with Crippen LogP contribution >= 0.6 is 0 Å². The Morgan fingerprint density at radius 1 is 1.13 bits per heavy atom. The number of rotatable bonds is 7. The quantitative estimate of drug-likeness (QED) is 0.386. The lowest BCUT2D eigenvalue weighted by Crippen LogP contribution is -2.38. The first-order valence-corrected chi connectivity index (χ1v) is 12.9. The SMILES string of the molecule is CCN1CCC(Nc2cccc3c2cc(C#CCNc2ccc(C(C)(C)C#N)nc2)n3CC(F)(F)F)CC1. The molecule has 1 aromatic carbocycles. The van der Waals surface area contributed by atoms with Crippen LogP contribution in [-0.4, -0.2) is 52.8 Å². The Balaban J connectivity index is 1.53. The Kier molecular flexibility index (Phi) is 8.18. The number of hydrogen-bond acceptors (Lipinski definition) is 5. The fourth-order valence-electron chi connectivity index (χ4n) is 4.68. The van der Waals surface area contributed by atoms with Gasteiger partial charge in [-0.3, -0.25) is 4.98 Å². The number of piperidine rings is 1. The maximum Gasteiger partial charge on any atom is 0.406 e. The third kappa shape index (κ3) is 6.59. The van der Waals surface area contributed by atoms with Gasteiger partial charge in [0.15, 0.2) is 0 Å². The van der Waals surface area contributed by atoms with Gasteiger partial charge in [0, 0.05) is 30.2 Å². The van der Waals surface area contributed by atoms with Gasteiger partial charge in [-0.05, 0) is 69.5 Å². The Morgan fingerprint density at radius 2 is 1.89 bits per heavy atom. The van der Waals surface area contributed by atoms with E-state index in [0.29, 0.717) is 22.6 Å². The maximum absolute atomic E-state index is 13.5. The molecule has 0 spiro atoms. The lowest BCUT2D eigenvalue weighted by molar-refractivity contribution is -0.140. The molecule has 1 fully saturated rings. The standard InChI is InChI=1S/C29H33F3N6/c1-4-37-15-12-21(13-16-37)36-25-8-5-9-26-24(25)17-23(38(26)20-29(30,31)32)7-6-14-34-22-10-11-27(35-18-22)28(2,3)19-33/h5,8-11,17-18,21,34,36H,4,12-16,20H2,1-3H3. The normalized spacial score (nSPS) is 15.1. The second-order valence-corrected chi connectivity index (χ2v) is 10.1. The molecule has 3 aromatic rings. The molecule has 1 aliphatic rings. The van der Waals surface area contributed by atoms with Gasteiger partial charge in [-0.25, -0.2) is 0 Å². The van der Waals surface area contributed by atoms with E-state index in [0.717, 1.165) is 43.5 Å². The van der Waals surface area contributed by atoms with E-state index >= 15 is 0 Å². The van der Waals surface area contributed by atoms with Crippen molar-refractivity contribution in [2.75, 3.05) is 36.8 Å². The molecule has 3 heterocycles. The lowest BCUT2D eigenvalue weighted by Gasteiger charge is -2.32. The minimum absolute atomic E-state index is 0.233. The van der Waals surface area contributed by atoms with Crippen LogP contribution in [0.25, 0.3) is 10.9 Å². The largest absolute Gasteiger partial charge is 0.406 e. The Morgan fingerprint density at radius 3 is 2.53 bits per heavy atom. The summed E-state index contributed by atoms with van der Waals surface area (Å²) in [4.78, 5) is 6.74. The highest BCUT2D eigenvalue weighted by Crippen LogP contribution is 2.31. The summed E-state index contributed by atoms with van der Waals surface area (Å²) in [5.74, 6) is 5.89. The first-order valence-electron chi connectivity index (χ1n) is 12.9. The van der Waals surface area contributed by atoms with Crippen molar-refractivity contribution in [3.05, 3.63) is 54.0 Å². The van der Waals surface area contributed by atoms with Crippen LogP contribution in [0.2, 0.25) is 0 Å². The Labute approximate surface area is 221 Å². The third-order valence-corrected chi connectivity index (χ3v) is 6.96. The van der Waals surface area contributed by atoms with E-state index in [9.17, 15) is 18.4 Å².